The van der Waals surface area contributed by atoms with Gasteiger partial charge in [0, 0.05) is 13.1 Å². The zero-order valence-electron chi connectivity index (χ0n) is 13.9. The molecule has 1 saturated heterocycles. The standard InChI is InChI=1S/C17H20N2O3S2/c1-4-18(5-2)15(20)11-19-16(21)14(24-17(19)23)10-12-6-8-13(22-3)9-7-12/h6-10H,4-5,11H2,1-3H3/b14-10-. The second-order valence-electron chi connectivity index (χ2n) is 5.11. The Bertz CT molecular complexity index is 667. The van der Waals surface area contributed by atoms with Crippen LogP contribution in [-0.2, 0) is 9.59 Å². The molecule has 5 nitrogen and oxygen atoms in total. The highest BCUT2D eigenvalue weighted by molar-refractivity contribution is 8.26. The molecule has 1 aliphatic rings. The molecule has 0 bridgehead atoms. The van der Waals surface area contributed by atoms with Gasteiger partial charge in [0.05, 0.1) is 12.0 Å². The molecule has 0 radical (unpaired) electrons. The van der Waals surface area contributed by atoms with Crippen LogP contribution in [0.2, 0.25) is 0 Å². The van der Waals surface area contributed by atoms with Gasteiger partial charge in [-0.2, -0.15) is 0 Å². The van der Waals surface area contributed by atoms with Gasteiger partial charge < -0.3 is 9.64 Å². The highest BCUT2D eigenvalue weighted by Gasteiger charge is 2.34. The molecule has 1 heterocycles. The van der Waals surface area contributed by atoms with E-state index in [1.165, 1.54) is 16.7 Å². The third kappa shape index (κ3) is 4.15. The molecule has 24 heavy (non-hydrogen) atoms. The Labute approximate surface area is 151 Å². The molecule has 0 saturated carbocycles. The highest BCUT2D eigenvalue weighted by atomic mass is 32.2. The van der Waals surface area contributed by atoms with Gasteiger partial charge in [-0.3, -0.25) is 14.5 Å². The molecule has 2 rings (SSSR count). The molecule has 1 aromatic carbocycles. The van der Waals surface area contributed by atoms with Crippen LogP contribution >= 0.6 is 24.0 Å². The van der Waals surface area contributed by atoms with Crippen molar-refractivity contribution in [1.29, 1.82) is 0 Å². The molecule has 7 heteroatoms. The lowest BCUT2D eigenvalue weighted by Crippen LogP contribution is -2.41. The summed E-state index contributed by atoms with van der Waals surface area (Å²) in [6.07, 6.45) is 1.78. The molecule has 0 aromatic heterocycles. The van der Waals surface area contributed by atoms with Crippen molar-refractivity contribution in [3.05, 3.63) is 34.7 Å². The van der Waals surface area contributed by atoms with Crippen molar-refractivity contribution in [2.24, 2.45) is 0 Å². The third-order valence-electron chi connectivity index (χ3n) is 3.70. The van der Waals surface area contributed by atoms with E-state index in [2.05, 4.69) is 0 Å². The highest BCUT2D eigenvalue weighted by Crippen LogP contribution is 2.32. The number of rotatable bonds is 6. The molecule has 128 valence electrons. The molecule has 0 spiro atoms. The summed E-state index contributed by atoms with van der Waals surface area (Å²) in [4.78, 5) is 28.3. The van der Waals surface area contributed by atoms with Crippen LogP contribution in [0.4, 0.5) is 0 Å². The zero-order chi connectivity index (χ0) is 17.7. The molecular formula is C17H20N2O3S2. The smallest absolute Gasteiger partial charge is 0.266 e. The number of thiocarbonyl (C=S) groups is 1. The van der Waals surface area contributed by atoms with E-state index in [0.717, 1.165) is 11.3 Å². The van der Waals surface area contributed by atoms with Gasteiger partial charge in [0.25, 0.3) is 5.91 Å². The Hall–Kier alpha value is -1.86. The van der Waals surface area contributed by atoms with Crippen LogP contribution in [-0.4, -0.2) is 52.7 Å². The van der Waals surface area contributed by atoms with E-state index in [1.807, 2.05) is 38.1 Å². The predicted molar refractivity (Wildman–Crippen MR) is 101 cm³/mol. The summed E-state index contributed by atoms with van der Waals surface area (Å²) in [6.45, 7) is 5.05. The van der Waals surface area contributed by atoms with E-state index in [4.69, 9.17) is 17.0 Å². The molecule has 0 atom stereocenters. The lowest BCUT2D eigenvalue weighted by Gasteiger charge is -2.22. The number of likely N-dealkylation sites (N-methyl/N-ethyl adjacent to an activating group) is 1. The number of methoxy groups -OCH3 is 1. The maximum absolute atomic E-state index is 12.5. The van der Waals surface area contributed by atoms with Gasteiger partial charge in [0.1, 0.15) is 16.6 Å². The lowest BCUT2D eigenvalue weighted by molar-refractivity contribution is -0.135. The average Bonchev–Trinajstić information content (AvgIpc) is 2.84. The largest absolute Gasteiger partial charge is 0.497 e. The quantitative estimate of drug-likeness (QED) is 0.574. The number of thioether (sulfide) groups is 1. The summed E-state index contributed by atoms with van der Waals surface area (Å²) in [5, 5.41) is 0. The van der Waals surface area contributed by atoms with Crippen LogP contribution in [0.15, 0.2) is 29.2 Å². The summed E-state index contributed by atoms with van der Waals surface area (Å²) in [5.74, 6) is 0.438. The molecular weight excluding hydrogens is 344 g/mol. The number of carbonyl (C=O) groups is 2. The van der Waals surface area contributed by atoms with Gasteiger partial charge in [-0.1, -0.05) is 36.1 Å². The van der Waals surface area contributed by atoms with Crippen LogP contribution in [0, 0.1) is 0 Å². The minimum atomic E-state index is -0.221. The first-order valence-corrected chi connectivity index (χ1v) is 8.89. The van der Waals surface area contributed by atoms with Crippen molar-refractivity contribution in [3.63, 3.8) is 0 Å². The summed E-state index contributed by atoms with van der Waals surface area (Å²) >= 11 is 6.49. The Kier molecular flexibility index (Phi) is 6.39. The monoisotopic (exact) mass is 364 g/mol. The van der Waals surface area contributed by atoms with Crippen molar-refractivity contribution < 1.29 is 14.3 Å². The summed E-state index contributed by atoms with van der Waals surface area (Å²) in [5.41, 5.74) is 0.881. The summed E-state index contributed by atoms with van der Waals surface area (Å²) < 4.78 is 5.53. The number of carbonyl (C=O) groups excluding carboxylic acids is 2. The van der Waals surface area contributed by atoms with E-state index in [0.29, 0.717) is 22.3 Å². The third-order valence-corrected chi connectivity index (χ3v) is 5.07. The Morgan fingerprint density at radius 1 is 1.29 bits per heavy atom. The molecule has 0 unspecified atom stereocenters. The number of benzene rings is 1. The first-order valence-electron chi connectivity index (χ1n) is 7.67. The Morgan fingerprint density at radius 3 is 2.46 bits per heavy atom. The maximum Gasteiger partial charge on any atom is 0.266 e. The number of ether oxygens (including phenoxy) is 1. The molecule has 2 amide bonds. The van der Waals surface area contributed by atoms with Crippen LogP contribution in [0.1, 0.15) is 19.4 Å². The number of amides is 2. The fourth-order valence-electron chi connectivity index (χ4n) is 2.30. The Balaban J connectivity index is 2.12. The number of nitrogens with zero attached hydrogens (tertiary/aromatic N) is 2. The zero-order valence-corrected chi connectivity index (χ0v) is 15.6. The minimum absolute atomic E-state index is 0.00764. The van der Waals surface area contributed by atoms with Gasteiger partial charge in [-0.25, -0.2) is 0 Å². The molecule has 0 N–H and O–H groups in total. The van der Waals surface area contributed by atoms with Gasteiger partial charge in [-0.15, -0.1) is 0 Å². The molecule has 0 aliphatic carbocycles. The van der Waals surface area contributed by atoms with Crippen molar-refractivity contribution in [1.82, 2.24) is 9.80 Å². The second-order valence-corrected chi connectivity index (χ2v) is 6.78. The minimum Gasteiger partial charge on any atom is -0.497 e. The van der Waals surface area contributed by atoms with Gasteiger partial charge in [0.15, 0.2) is 0 Å². The average molecular weight is 364 g/mol. The van der Waals surface area contributed by atoms with Crippen LogP contribution in [0.3, 0.4) is 0 Å². The fourth-order valence-corrected chi connectivity index (χ4v) is 3.55. The van der Waals surface area contributed by atoms with E-state index >= 15 is 0 Å². The first kappa shape index (κ1) is 18.5. The van der Waals surface area contributed by atoms with Gasteiger partial charge in [0.2, 0.25) is 5.91 Å². The molecule has 1 fully saturated rings. The normalized spacial score (nSPS) is 16.0. The van der Waals surface area contributed by atoms with Crippen molar-refractivity contribution in [3.8, 4) is 5.75 Å². The summed E-state index contributed by atoms with van der Waals surface area (Å²) in [6, 6.07) is 7.39. The fraction of sp³-hybridized carbons (Fsp3) is 0.353. The van der Waals surface area contributed by atoms with Crippen molar-refractivity contribution in [2.45, 2.75) is 13.8 Å². The SMILES string of the molecule is CCN(CC)C(=O)CN1C(=O)/C(=C/c2ccc(OC)cc2)SC1=S. The predicted octanol–water partition coefficient (Wildman–Crippen LogP) is 2.76. The first-order chi connectivity index (χ1) is 11.5. The van der Waals surface area contributed by atoms with Crippen LogP contribution < -0.4 is 4.74 Å². The lowest BCUT2D eigenvalue weighted by atomic mass is 10.2. The van der Waals surface area contributed by atoms with E-state index in [1.54, 1.807) is 18.1 Å². The van der Waals surface area contributed by atoms with Gasteiger partial charge >= 0.3 is 0 Å². The Morgan fingerprint density at radius 2 is 1.92 bits per heavy atom. The van der Waals surface area contributed by atoms with E-state index in [-0.39, 0.29) is 18.4 Å². The van der Waals surface area contributed by atoms with Crippen molar-refractivity contribution in [2.75, 3.05) is 26.7 Å². The van der Waals surface area contributed by atoms with Gasteiger partial charge in [-0.05, 0) is 37.6 Å². The number of hydrogen-bond donors (Lipinski definition) is 0. The number of hydrogen-bond acceptors (Lipinski definition) is 5. The van der Waals surface area contributed by atoms with Crippen LogP contribution in [0.5, 0.6) is 5.75 Å². The van der Waals surface area contributed by atoms with Crippen molar-refractivity contribution >= 4 is 46.2 Å². The van der Waals surface area contributed by atoms with Crippen LogP contribution in [0.25, 0.3) is 6.08 Å². The molecule has 1 aliphatic heterocycles. The topological polar surface area (TPSA) is 49.9 Å². The summed E-state index contributed by atoms with van der Waals surface area (Å²) in [7, 11) is 1.60. The second kappa shape index (κ2) is 8.30. The molecule has 1 aromatic rings. The van der Waals surface area contributed by atoms with E-state index in [9.17, 15) is 9.59 Å². The van der Waals surface area contributed by atoms with E-state index < -0.39 is 0 Å². The maximum atomic E-state index is 12.5.